The molecule has 0 saturated heterocycles. The Kier molecular flexibility index (Phi) is 7.07. The fraction of sp³-hybridized carbons (Fsp3) is 0.350. The minimum atomic E-state index is -3.38. The molecule has 0 fully saturated rings. The van der Waals surface area contributed by atoms with E-state index >= 15 is 0 Å². The number of rotatable bonds is 8. The third-order valence-corrected chi connectivity index (χ3v) is 6.93. The van der Waals surface area contributed by atoms with Crippen molar-refractivity contribution in [3.63, 3.8) is 0 Å². The summed E-state index contributed by atoms with van der Waals surface area (Å²) in [5.41, 5.74) is 1.71. The Morgan fingerprint density at radius 1 is 0.931 bits per heavy atom. The van der Waals surface area contributed by atoms with E-state index in [1.807, 2.05) is 6.92 Å². The predicted octanol–water partition coefficient (Wildman–Crippen LogP) is 2.76. The second-order valence-corrected chi connectivity index (χ2v) is 10.7. The van der Waals surface area contributed by atoms with Crippen molar-refractivity contribution in [3.8, 4) is 0 Å². The number of nitrogens with one attached hydrogen (secondary N) is 1. The summed E-state index contributed by atoms with van der Waals surface area (Å²) >= 11 is 0. The van der Waals surface area contributed by atoms with Crippen LogP contribution in [0.4, 0.5) is 5.69 Å². The molecule has 0 aliphatic rings. The minimum Gasteiger partial charge on any atom is -0.345 e. The van der Waals surface area contributed by atoms with Gasteiger partial charge < -0.3 is 5.32 Å². The SMILES string of the molecule is CCC(NC(=O)c1ccc(N(CC)S(C)(=O)=O)cc1)c1ccc(S(C)(=O)=O)cc1. The largest absolute Gasteiger partial charge is 0.345 e. The normalized spacial score (nSPS) is 13.0. The highest BCUT2D eigenvalue weighted by Gasteiger charge is 2.18. The summed E-state index contributed by atoms with van der Waals surface area (Å²) < 4.78 is 48.1. The number of carbonyl (C=O) groups excluding carboxylic acids is 1. The van der Waals surface area contributed by atoms with Crippen LogP contribution < -0.4 is 9.62 Å². The minimum absolute atomic E-state index is 0.226. The number of anilines is 1. The van der Waals surface area contributed by atoms with Crippen molar-refractivity contribution in [3.05, 3.63) is 59.7 Å². The Morgan fingerprint density at radius 3 is 1.90 bits per heavy atom. The first-order chi connectivity index (χ1) is 13.5. The van der Waals surface area contributed by atoms with Crippen molar-refractivity contribution in [1.29, 1.82) is 0 Å². The first kappa shape index (κ1) is 22.9. The molecular formula is C20H26N2O5S2. The number of sulfone groups is 1. The monoisotopic (exact) mass is 438 g/mol. The van der Waals surface area contributed by atoms with Crippen molar-refractivity contribution >= 4 is 31.5 Å². The zero-order valence-electron chi connectivity index (χ0n) is 16.9. The van der Waals surface area contributed by atoms with Crippen LogP contribution in [0.3, 0.4) is 0 Å². The number of benzene rings is 2. The fourth-order valence-electron chi connectivity index (χ4n) is 3.00. The summed E-state index contributed by atoms with van der Waals surface area (Å²) in [6.45, 7) is 3.96. The van der Waals surface area contributed by atoms with Crippen LogP contribution in [0, 0.1) is 0 Å². The summed E-state index contributed by atoms with van der Waals surface area (Å²) in [7, 11) is -6.66. The maximum atomic E-state index is 12.6. The zero-order chi connectivity index (χ0) is 21.8. The van der Waals surface area contributed by atoms with E-state index in [9.17, 15) is 21.6 Å². The lowest BCUT2D eigenvalue weighted by Crippen LogP contribution is -2.30. The van der Waals surface area contributed by atoms with Gasteiger partial charge in [-0.05, 0) is 55.3 Å². The van der Waals surface area contributed by atoms with Crippen molar-refractivity contribution in [2.45, 2.75) is 31.2 Å². The molecule has 1 amide bonds. The quantitative estimate of drug-likeness (QED) is 0.683. The molecule has 0 bridgehead atoms. The van der Waals surface area contributed by atoms with Gasteiger partial charge in [0, 0.05) is 18.4 Å². The molecule has 1 N–H and O–H groups in total. The van der Waals surface area contributed by atoms with Gasteiger partial charge in [-0.2, -0.15) is 0 Å². The first-order valence-electron chi connectivity index (χ1n) is 9.16. The molecule has 0 saturated carbocycles. The summed E-state index contributed by atoms with van der Waals surface area (Å²) in [5, 5.41) is 2.93. The first-order valence-corrected chi connectivity index (χ1v) is 12.9. The Hall–Kier alpha value is -2.39. The number of hydrogen-bond acceptors (Lipinski definition) is 5. The maximum Gasteiger partial charge on any atom is 0.251 e. The van der Waals surface area contributed by atoms with Gasteiger partial charge in [-0.1, -0.05) is 19.1 Å². The Morgan fingerprint density at radius 2 is 1.48 bits per heavy atom. The number of sulfonamides is 1. The molecule has 2 rings (SSSR count). The molecule has 0 radical (unpaired) electrons. The van der Waals surface area contributed by atoms with Gasteiger partial charge in [0.05, 0.1) is 22.9 Å². The van der Waals surface area contributed by atoms with E-state index in [0.717, 1.165) is 18.1 Å². The fourth-order valence-corrected chi connectivity index (χ4v) is 4.60. The lowest BCUT2D eigenvalue weighted by atomic mass is 10.0. The van der Waals surface area contributed by atoms with E-state index < -0.39 is 19.9 Å². The molecule has 2 aromatic rings. The topological polar surface area (TPSA) is 101 Å². The van der Waals surface area contributed by atoms with Crippen molar-refractivity contribution in [2.75, 3.05) is 23.4 Å². The molecule has 29 heavy (non-hydrogen) atoms. The molecule has 0 aliphatic carbocycles. The third-order valence-electron chi connectivity index (χ3n) is 4.53. The molecule has 0 aliphatic heterocycles. The van der Waals surface area contributed by atoms with Crippen LogP contribution in [0.5, 0.6) is 0 Å². The Balaban J connectivity index is 2.17. The van der Waals surface area contributed by atoms with Crippen LogP contribution in [-0.4, -0.2) is 41.8 Å². The Labute approximate surface area is 172 Å². The smallest absolute Gasteiger partial charge is 0.251 e. The second kappa shape index (κ2) is 8.96. The van der Waals surface area contributed by atoms with Crippen LogP contribution in [0.15, 0.2) is 53.4 Å². The number of amides is 1. The van der Waals surface area contributed by atoms with Gasteiger partial charge in [0.25, 0.3) is 5.91 Å². The van der Waals surface area contributed by atoms with Gasteiger partial charge >= 0.3 is 0 Å². The highest BCUT2D eigenvalue weighted by Crippen LogP contribution is 2.21. The molecule has 7 nitrogen and oxygen atoms in total. The molecule has 1 atom stereocenters. The highest BCUT2D eigenvalue weighted by molar-refractivity contribution is 7.92. The van der Waals surface area contributed by atoms with E-state index in [1.54, 1.807) is 43.3 Å². The molecule has 0 spiro atoms. The van der Waals surface area contributed by atoms with Crippen LogP contribution in [0.25, 0.3) is 0 Å². The lowest BCUT2D eigenvalue weighted by Gasteiger charge is -2.21. The Bertz CT molecular complexity index is 1060. The molecule has 158 valence electrons. The van der Waals surface area contributed by atoms with Crippen LogP contribution in [0.2, 0.25) is 0 Å². The van der Waals surface area contributed by atoms with Gasteiger partial charge in [0.15, 0.2) is 9.84 Å². The van der Waals surface area contributed by atoms with Gasteiger partial charge in [0.2, 0.25) is 10.0 Å². The number of hydrogen-bond donors (Lipinski definition) is 1. The molecule has 0 aromatic heterocycles. The summed E-state index contributed by atoms with van der Waals surface area (Å²) in [6, 6.07) is 12.5. The van der Waals surface area contributed by atoms with Crippen LogP contribution in [-0.2, 0) is 19.9 Å². The third kappa shape index (κ3) is 5.80. The number of nitrogens with zero attached hydrogens (tertiary/aromatic N) is 1. The molecule has 2 aromatic carbocycles. The molecule has 0 heterocycles. The lowest BCUT2D eigenvalue weighted by molar-refractivity contribution is 0.0935. The van der Waals surface area contributed by atoms with E-state index in [4.69, 9.17) is 0 Å². The van der Waals surface area contributed by atoms with Gasteiger partial charge in [-0.15, -0.1) is 0 Å². The van der Waals surface area contributed by atoms with Crippen LogP contribution in [0.1, 0.15) is 42.2 Å². The average Bonchev–Trinajstić information content (AvgIpc) is 2.65. The standard InChI is InChI=1S/C20H26N2O5S2/c1-5-19(15-9-13-18(14-10-15)28(3,24)25)21-20(23)16-7-11-17(12-8-16)22(6-2)29(4,26)27/h7-14,19H,5-6H2,1-4H3,(H,21,23). The molecule has 9 heteroatoms. The summed E-state index contributed by atoms with van der Waals surface area (Å²) in [6.07, 6.45) is 2.91. The van der Waals surface area contributed by atoms with Crippen molar-refractivity contribution < 1.29 is 21.6 Å². The van der Waals surface area contributed by atoms with E-state index in [-0.39, 0.29) is 16.8 Å². The van der Waals surface area contributed by atoms with E-state index in [1.165, 1.54) is 16.4 Å². The summed E-state index contributed by atoms with van der Waals surface area (Å²) in [4.78, 5) is 12.8. The zero-order valence-corrected chi connectivity index (χ0v) is 18.5. The van der Waals surface area contributed by atoms with E-state index in [2.05, 4.69) is 5.32 Å². The van der Waals surface area contributed by atoms with Crippen molar-refractivity contribution in [1.82, 2.24) is 5.32 Å². The number of carbonyl (C=O) groups is 1. The molecular weight excluding hydrogens is 412 g/mol. The summed E-state index contributed by atoms with van der Waals surface area (Å²) in [5.74, 6) is -0.294. The molecule has 1 unspecified atom stereocenters. The van der Waals surface area contributed by atoms with Gasteiger partial charge in [-0.3, -0.25) is 9.10 Å². The van der Waals surface area contributed by atoms with E-state index in [0.29, 0.717) is 24.2 Å². The average molecular weight is 439 g/mol. The van der Waals surface area contributed by atoms with Crippen LogP contribution >= 0.6 is 0 Å². The van der Waals surface area contributed by atoms with Crippen molar-refractivity contribution in [2.24, 2.45) is 0 Å². The maximum absolute atomic E-state index is 12.6. The highest BCUT2D eigenvalue weighted by atomic mass is 32.2. The van der Waals surface area contributed by atoms with Gasteiger partial charge in [0.1, 0.15) is 0 Å². The second-order valence-electron chi connectivity index (χ2n) is 6.75. The predicted molar refractivity (Wildman–Crippen MR) is 114 cm³/mol. The van der Waals surface area contributed by atoms with Gasteiger partial charge in [-0.25, -0.2) is 16.8 Å².